The smallest absolute Gasteiger partial charge is 0.344 e. The third kappa shape index (κ3) is 2.58. The number of rotatable bonds is 4. The van der Waals surface area contributed by atoms with E-state index in [9.17, 15) is 4.79 Å². The van der Waals surface area contributed by atoms with Crippen molar-refractivity contribution in [1.29, 1.82) is 0 Å². The molecular weight excluding hydrogens is 308 g/mol. The first-order valence-electron chi connectivity index (χ1n) is 7.43. The summed E-state index contributed by atoms with van der Waals surface area (Å²) in [7, 11) is 4.70. The van der Waals surface area contributed by atoms with Gasteiger partial charge in [0.25, 0.3) is 0 Å². The average Bonchev–Trinajstić information content (AvgIpc) is 2.60. The van der Waals surface area contributed by atoms with E-state index >= 15 is 0 Å². The van der Waals surface area contributed by atoms with E-state index in [1.54, 1.807) is 39.5 Å². The summed E-state index contributed by atoms with van der Waals surface area (Å²) in [6.45, 7) is 1.90. The molecule has 0 radical (unpaired) electrons. The number of hydrogen-bond acceptors (Lipinski definition) is 5. The molecule has 2 aromatic carbocycles. The molecule has 5 heteroatoms. The van der Waals surface area contributed by atoms with Crippen LogP contribution in [0.4, 0.5) is 0 Å². The van der Waals surface area contributed by atoms with Crippen molar-refractivity contribution in [2.45, 2.75) is 6.92 Å². The van der Waals surface area contributed by atoms with Gasteiger partial charge in [-0.15, -0.1) is 0 Å². The van der Waals surface area contributed by atoms with Gasteiger partial charge in [0.2, 0.25) is 0 Å². The second-order valence-corrected chi connectivity index (χ2v) is 5.32. The number of methoxy groups -OCH3 is 3. The van der Waals surface area contributed by atoms with Gasteiger partial charge in [-0.05, 0) is 42.3 Å². The fraction of sp³-hybridized carbons (Fsp3) is 0.211. The minimum atomic E-state index is -0.402. The van der Waals surface area contributed by atoms with Crippen LogP contribution in [-0.2, 0) is 0 Å². The predicted molar refractivity (Wildman–Crippen MR) is 92.3 cm³/mol. The van der Waals surface area contributed by atoms with Crippen molar-refractivity contribution in [3.05, 3.63) is 52.4 Å². The first-order chi connectivity index (χ1) is 11.6. The maximum Gasteiger partial charge on any atom is 0.344 e. The molecule has 0 saturated heterocycles. The molecule has 0 aliphatic rings. The van der Waals surface area contributed by atoms with Gasteiger partial charge in [0.1, 0.15) is 11.3 Å². The average molecular weight is 326 g/mol. The fourth-order valence-corrected chi connectivity index (χ4v) is 2.79. The minimum absolute atomic E-state index is 0.402. The zero-order valence-corrected chi connectivity index (χ0v) is 14.0. The Labute approximate surface area is 139 Å². The van der Waals surface area contributed by atoms with Crippen LogP contribution < -0.4 is 19.8 Å². The van der Waals surface area contributed by atoms with Crippen molar-refractivity contribution in [3.63, 3.8) is 0 Å². The van der Waals surface area contributed by atoms with E-state index in [0.717, 1.165) is 16.5 Å². The monoisotopic (exact) mass is 326 g/mol. The highest BCUT2D eigenvalue weighted by Gasteiger charge is 2.16. The molecule has 0 spiro atoms. The Kier molecular flexibility index (Phi) is 4.16. The van der Waals surface area contributed by atoms with Crippen molar-refractivity contribution in [2.75, 3.05) is 21.3 Å². The zero-order valence-electron chi connectivity index (χ0n) is 14.0. The second-order valence-electron chi connectivity index (χ2n) is 5.32. The Morgan fingerprint density at radius 2 is 1.62 bits per heavy atom. The number of hydrogen-bond donors (Lipinski definition) is 0. The Morgan fingerprint density at radius 1 is 0.875 bits per heavy atom. The molecule has 5 nitrogen and oxygen atoms in total. The van der Waals surface area contributed by atoms with E-state index in [-0.39, 0.29) is 0 Å². The molecular formula is C19H18O5. The summed E-state index contributed by atoms with van der Waals surface area (Å²) in [5, 5.41) is 0.861. The van der Waals surface area contributed by atoms with Crippen molar-refractivity contribution >= 4 is 11.0 Å². The maximum absolute atomic E-state index is 12.5. The molecule has 1 aromatic heterocycles. The number of fused-ring (bicyclic) bond motifs is 1. The van der Waals surface area contributed by atoms with Gasteiger partial charge < -0.3 is 18.6 Å². The molecule has 0 N–H and O–H groups in total. The van der Waals surface area contributed by atoms with Crippen LogP contribution in [0, 0.1) is 6.92 Å². The molecule has 0 amide bonds. The van der Waals surface area contributed by atoms with Gasteiger partial charge in [0.05, 0.1) is 26.9 Å². The molecule has 24 heavy (non-hydrogen) atoms. The lowest BCUT2D eigenvalue weighted by atomic mass is 9.99. The van der Waals surface area contributed by atoms with Gasteiger partial charge in [-0.1, -0.05) is 6.07 Å². The van der Waals surface area contributed by atoms with Crippen LogP contribution in [0.15, 0.2) is 45.6 Å². The summed E-state index contributed by atoms with van der Waals surface area (Å²) < 4.78 is 21.2. The van der Waals surface area contributed by atoms with E-state index in [4.69, 9.17) is 18.6 Å². The van der Waals surface area contributed by atoms with Crippen LogP contribution in [0.5, 0.6) is 17.2 Å². The summed E-state index contributed by atoms with van der Waals surface area (Å²) in [5.41, 5.74) is 2.17. The van der Waals surface area contributed by atoms with Crippen molar-refractivity contribution < 1.29 is 18.6 Å². The first kappa shape index (κ1) is 15.9. The van der Waals surface area contributed by atoms with Gasteiger partial charge in [-0.25, -0.2) is 4.79 Å². The number of ether oxygens (including phenoxy) is 3. The van der Waals surface area contributed by atoms with Gasteiger partial charge in [0.15, 0.2) is 11.5 Å². The highest BCUT2D eigenvalue weighted by atomic mass is 16.5. The minimum Gasteiger partial charge on any atom is -0.497 e. The summed E-state index contributed by atoms with van der Waals surface area (Å²) in [6, 6.07) is 10.8. The summed E-state index contributed by atoms with van der Waals surface area (Å²) in [4.78, 5) is 12.5. The molecule has 3 aromatic rings. The zero-order chi connectivity index (χ0) is 17.3. The van der Waals surface area contributed by atoms with E-state index < -0.39 is 5.63 Å². The molecule has 0 saturated carbocycles. The highest BCUT2D eigenvalue weighted by molar-refractivity contribution is 5.87. The first-order valence-corrected chi connectivity index (χ1v) is 7.43. The van der Waals surface area contributed by atoms with Gasteiger partial charge in [0, 0.05) is 11.5 Å². The number of aryl methyl sites for hydroxylation is 1. The molecule has 0 unspecified atom stereocenters. The van der Waals surface area contributed by atoms with Gasteiger partial charge in [-0.2, -0.15) is 0 Å². The summed E-state index contributed by atoms with van der Waals surface area (Å²) in [6.07, 6.45) is 0. The van der Waals surface area contributed by atoms with E-state index in [1.807, 2.05) is 25.1 Å². The molecule has 0 fully saturated rings. The van der Waals surface area contributed by atoms with E-state index in [1.165, 1.54) is 0 Å². The topological polar surface area (TPSA) is 57.9 Å². The van der Waals surface area contributed by atoms with E-state index in [2.05, 4.69) is 0 Å². The highest BCUT2D eigenvalue weighted by Crippen LogP contribution is 2.34. The third-order valence-electron chi connectivity index (χ3n) is 4.05. The number of benzene rings is 2. The van der Waals surface area contributed by atoms with E-state index in [0.29, 0.717) is 28.4 Å². The van der Waals surface area contributed by atoms with Crippen LogP contribution in [-0.4, -0.2) is 21.3 Å². The Balaban J connectivity index is 2.25. The third-order valence-corrected chi connectivity index (χ3v) is 4.05. The fourth-order valence-electron chi connectivity index (χ4n) is 2.79. The molecule has 3 rings (SSSR count). The van der Waals surface area contributed by atoms with Crippen LogP contribution in [0.2, 0.25) is 0 Å². The van der Waals surface area contributed by atoms with Crippen LogP contribution >= 0.6 is 0 Å². The quantitative estimate of drug-likeness (QED) is 0.683. The molecule has 0 aliphatic heterocycles. The van der Waals surface area contributed by atoms with Gasteiger partial charge in [-0.3, -0.25) is 0 Å². The lowest BCUT2D eigenvalue weighted by Crippen LogP contribution is -2.06. The lowest BCUT2D eigenvalue weighted by Gasteiger charge is -2.12. The standard InChI is InChI=1S/C19H18O5/c1-11-14-7-6-13(21-2)10-16(14)24-19(20)18(11)12-5-8-15(22-3)17(9-12)23-4/h5-10H,1-4H3. The molecule has 0 atom stereocenters. The molecule has 0 aliphatic carbocycles. The normalized spacial score (nSPS) is 10.7. The SMILES string of the molecule is COc1ccc2c(C)c(-c3ccc(OC)c(OC)c3)c(=O)oc2c1. The molecule has 124 valence electrons. The predicted octanol–water partition coefficient (Wildman–Crippen LogP) is 3.79. The van der Waals surface area contributed by atoms with Crippen LogP contribution in [0.1, 0.15) is 5.56 Å². The Bertz CT molecular complexity index is 956. The van der Waals surface area contributed by atoms with Crippen LogP contribution in [0.25, 0.3) is 22.1 Å². The van der Waals surface area contributed by atoms with Crippen molar-refractivity contribution in [3.8, 4) is 28.4 Å². The van der Waals surface area contributed by atoms with Crippen molar-refractivity contribution in [2.24, 2.45) is 0 Å². The Morgan fingerprint density at radius 3 is 2.29 bits per heavy atom. The van der Waals surface area contributed by atoms with Gasteiger partial charge >= 0.3 is 5.63 Å². The second kappa shape index (κ2) is 6.28. The Hall–Kier alpha value is -2.95. The van der Waals surface area contributed by atoms with Crippen molar-refractivity contribution in [1.82, 2.24) is 0 Å². The maximum atomic E-state index is 12.5. The molecule has 0 bridgehead atoms. The summed E-state index contributed by atoms with van der Waals surface area (Å²) in [5.74, 6) is 1.81. The molecule has 1 heterocycles. The van der Waals surface area contributed by atoms with Crippen LogP contribution in [0.3, 0.4) is 0 Å². The largest absolute Gasteiger partial charge is 0.497 e. The lowest BCUT2D eigenvalue weighted by molar-refractivity contribution is 0.355. The summed E-state index contributed by atoms with van der Waals surface area (Å²) >= 11 is 0.